The second-order valence-corrected chi connectivity index (χ2v) is 7.43. The van der Waals surface area contributed by atoms with Crippen LogP contribution in [-0.4, -0.2) is 29.2 Å². The fraction of sp³-hybridized carbons (Fsp3) is 0.286. The Morgan fingerprint density at radius 2 is 1.93 bits per heavy atom. The van der Waals surface area contributed by atoms with E-state index < -0.39 is 5.54 Å². The summed E-state index contributed by atoms with van der Waals surface area (Å²) in [7, 11) is 0. The first-order valence-corrected chi connectivity index (χ1v) is 10.4. The van der Waals surface area contributed by atoms with Crippen LogP contribution in [-0.2, 0) is 4.84 Å². The number of oxime groups is 1. The maximum absolute atomic E-state index is 6.87. The number of unbranched alkanes of at least 4 members (excludes halogenated alkanes) is 1. The van der Waals surface area contributed by atoms with Gasteiger partial charge in [0.25, 0.3) is 0 Å². The minimum atomic E-state index is -0.852. The van der Waals surface area contributed by atoms with E-state index in [-0.39, 0.29) is 6.04 Å². The lowest BCUT2D eigenvalue weighted by molar-refractivity contribution is 0.266. The molecular formula is C21H26N6OS. The Bertz CT molecular complexity index is 807. The molecule has 0 bridgehead atoms. The first-order valence-electron chi connectivity index (χ1n) is 9.55. The van der Waals surface area contributed by atoms with Gasteiger partial charge >= 0.3 is 0 Å². The van der Waals surface area contributed by atoms with E-state index in [4.69, 9.17) is 16.3 Å². The third-order valence-corrected chi connectivity index (χ3v) is 5.28. The Labute approximate surface area is 175 Å². The molecule has 5 N–H and O–H groups in total. The van der Waals surface area contributed by atoms with Gasteiger partial charge in [0, 0.05) is 24.2 Å². The second-order valence-electron chi connectivity index (χ2n) is 6.76. The molecule has 29 heavy (non-hydrogen) atoms. The number of allylic oxidation sites excluding steroid dienone is 7. The molecule has 2 unspecified atom stereocenters. The van der Waals surface area contributed by atoms with E-state index in [1.807, 2.05) is 54.0 Å². The van der Waals surface area contributed by atoms with Crippen LogP contribution in [0.25, 0.3) is 0 Å². The van der Waals surface area contributed by atoms with E-state index in [1.54, 1.807) is 12.3 Å². The molecule has 0 aromatic heterocycles. The van der Waals surface area contributed by atoms with Gasteiger partial charge in [-0.3, -0.25) is 5.43 Å². The molecule has 0 aliphatic carbocycles. The lowest BCUT2D eigenvalue weighted by Crippen LogP contribution is -2.53. The maximum atomic E-state index is 6.87. The summed E-state index contributed by atoms with van der Waals surface area (Å²) < 4.78 is 4.58. The van der Waals surface area contributed by atoms with Crippen molar-refractivity contribution in [2.75, 3.05) is 0 Å². The third-order valence-electron chi connectivity index (χ3n) is 4.70. The zero-order valence-electron chi connectivity index (χ0n) is 16.1. The van der Waals surface area contributed by atoms with Gasteiger partial charge in [-0.05, 0) is 48.6 Å². The average Bonchev–Trinajstić information content (AvgIpc) is 3.27. The number of nitrogens with two attached hydrogens (primary N) is 2. The molecule has 0 saturated carbocycles. The van der Waals surface area contributed by atoms with Crippen LogP contribution in [0, 0.1) is 0 Å². The minimum absolute atomic E-state index is 0.111. The monoisotopic (exact) mass is 410 g/mol. The van der Waals surface area contributed by atoms with Crippen molar-refractivity contribution in [3.63, 3.8) is 0 Å². The Kier molecular flexibility index (Phi) is 7.80. The highest BCUT2D eigenvalue weighted by atomic mass is 32.2. The number of hydrogen-bond acceptors (Lipinski definition) is 8. The molecule has 0 aromatic carbocycles. The highest BCUT2D eigenvalue weighted by Crippen LogP contribution is 2.24. The predicted molar refractivity (Wildman–Crippen MR) is 122 cm³/mol. The topological polar surface area (TPSA) is 110 Å². The quantitative estimate of drug-likeness (QED) is 0.420. The molecule has 0 fully saturated rings. The van der Waals surface area contributed by atoms with E-state index in [1.165, 1.54) is 18.2 Å². The van der Waals surface area contributed by atoms with Crippen molar-refractivity contribution in [2.45, 2.75) is 37.3 Å². The van der Waals surface area contributed by atoms with E-state index in [9.17, 15) is 0 Å². The van der Waals surface area contributed by atoms with Crippen molar-refractivity contribution in [1.82, 2.24) is 5.43 Å². The van der Waals surface area contributed by atoms with Crippen molar-refractivity contribution < 1.29 is 4.84 Å². The standard InChI is InChI=1S/C21H26N6OS/c22-17(18-10-2-6-14-24-25-18)9-1-5-13-21(23,19-11-3-7-15-28-26-19)20-12-4-8-16-29-27-20/h2-4,6-8,10-12,14-17,25H,1,5,9,13,22-23H2. The summed E-state index contributed by atoms with van der Waals surface area (Å²) >= 11 is 1.36. The summed E-state index contributed by atoms with van der Waals surface area (Å²) in [5.41, 5.74) is 17.6. The van der Waals surface area contributed by atoms with E-state index >= 15 is 0 Å². The van der Waals surface area contributed by atoms with E-state index in [0.29, 0.717) is 12.1 Å². The summed E-state index contributed by atoms with van der Waals surface area (Å²) in [5.74, 6) is 0. The van der Waals surface area contributed by atoms with Crippen LogP contribution in [0.1, 0.15) is 25.7 Å². The van der Waals surface area contributed by atoms with Gasteiger partial charge < -0.3 is 16.3 Å². The van der Waals surface area contributed by atoms with Crippen molar-refractivity contribution in [2.24, 2.45) is 26.1 Å². The first-order chi connectivity index (χ1) is 14.2. The van der Waals surface area contributed by atoms with Gasteiger partial charge in [0.2, 0.25) is 0 Å². The fourth-order valence-corrected chi connectivity index (χ4v) is 3.63. The normalized spacial score (nSPS) is 21.0. The summed E-state index contributed by atoms with van der Waals surface area (Å²) in [6.07, 6.45) is 23.6. The van der Waals surface area contributed by atoms with Gasteiger partial charge in [-0.15, -0.1) is 0 Å². The molecule has 0 spiro atoms. The number of nitrogens with one attached hydrogen (secondary N) is 1. The number of nitrogens with zero attached hydrogens (tertiary/aromatic N) is 3. The molecule has 3 aliphatic rings. The highest BCUT2D eigenvalue weighted by Gasteiger charge is 2.35. The van der Waals surface area contributed by atoms with Crippen LogP contribution in [0.5, 0.6) is 0 Å². The van der Waals surface area contributed by atoms with Gasteiger partial charge in [0.05, 0.1) is 11.4 Å². The fourth-order valence-electron chi connectivity index (χ4n) is 3.07. The number of rotatable bonds is 8. The van der Waals surface area contributed by atoms with E-state index in [2.05, 4.69) is 20.1 Å². The molecule has 3 aliphatic heterocycles. The molecule has 3 rings (SSSR count). The van der Waals surface area contributed by atoms with Gasteiger partial charge in [-0.1, -0.05) is 42.3 Å². The summed E-state index contributed by atoms with van der Waals surface area (Å²) in [5, 5.41) is 10.2. The molecule has 152 valence electrons. The predicted octanol–water partition coefficient (Wildman–Crippen LogP) is 3.23. The first kappa shape index (κ1) is 21.0. The lowest BCUT2D eigenvalue weighted by atomic mass is 9.82. The van der Waals surface area contributed by atoms with Crippen LogP contribution in [0.15, 0.2) is 86.7 Å². The molecule has 0 amide bonds. The molecule has 2 atom stereocenters. The Morgan fingerprint density at radius 3 is 2.86 bits per heavy atom. The van der Waals surface area contributed by atoms with Crippen LogP contribution < -0.4 is 16.9 Å². The summed E-state index contributed by atoms with van der Waals surface area (Å²) in [4.78, 5) is 5.22. The van der Waals surface area contributed by atoms with Gasteiger partial charge in [0.15, 0.2) is 0 Å². The minimum Gasteiger partial charge on any atom is -0.365 e. The smallest absolute Gasteiger partial charge is 0.122 e. The van der Waals surface area contributed by atoms with Crippen LogP contribution in [0.2, 0.25) is 0 Å². The van der Waals surface area contributed by atoms with Crippen molar-refractivity contribution >= 4 is 29.6 Å². The molecule has 0 radical (unpaired) electrons. The van der Waals surface area contributed by atoms with E-state index in [0.717, 1.165) is 30.7 Å². The summed E-state index contributed by atoms with van der Waals surface area (Å²) in [6, 6.07) is -0.111. The molecule has 8 heteroatoms. The third kappa shape index (κ3) is 5.90. The maximum Gasteiger partial charge on any atom is 0.122 e. The summed E-state index contributed by atoms with van der Waals surface area (Å²) in [6.45, 7) is 0. The van der Waals surface area contributed by atoms with Crippen LogP contribution >= 0.6 is 11.9 Å². The highest BCUT2D eigenvalue weighted by molar-refractivity contribution is 8.01. The zero-order chi connectivity index (χ0) is 20.4. The molecule has 0 saturated heterocycles. The average molecular weight is 411 g/mol. The lowest BCUT2D eigenvalue weighted by Gasteiger charge is -2.29. The number of hydrogen-bond donors (Lipinski definition) is 3. The van der Waals surface area contributed by atoms with Crippen LogP contribution in [0.4, 0.5) is 0 Å². The molecular weight excluding hydrogens is 384 g/mol. The Hall–Kier alpha value is -2.68. The van der Waals surface area contributed by atoms with Gasteiger partial charge in [-0.25, -0.2) is 4.40 Å². The largest absolute Gasteiger partial charge is 0.365 e. The van der Waals surface area contributed by atoms with Crippen molar-refractivity contribution in [3.8, 4) is 0 Å². The van der Waals surface area contributed by atoms with Gasteiger partial charge in [-0.2, -0.15) is 5.10 Å². The van der Waals surface area contributed by atoms with Gasteiger partial charge in [0.1, 0.15) is 17.5 Å². The van der Waals surface area contributed by atoms with Crippen molar-refractivity contribution in [3.05, 3.63) is 72.1 Å². The Balaban J connectivity index is 1.65. The molecule has 3 heterocycles. The second kappa shape index (κ2) is 10.8. The molecule has 7 nitrogen and oxygen atoms in total. The van der Waals surface area contributed by atoms with Crippen LogP contribution in [0.3, 0.4) is 0 Å². The van der Waals surface area contributed by atoms with Crippen molar-refractivity contribution in [1.29, 1.82) is 0 Å². The Morgan fingerprint density at radius 1 is 1.07 bits per heavy atom. The zero-order valence-corrected chi connectivity index (χ0v) is 17.0. The SMILES string of the molecule is NC(CCCCC(N)(C1=NOC=CC=C1)C1=NSC=CC=C1)C1=CC=CC=NN1. The molecule has 0 aromatic rings. The number of hydrazone groups is 1.